The number of fused-ring (bicyclic) bond motifs is 5. The molecule has 0 aromatic heterocycles. The van der Waals surface area contributed by atoms with Crippen molar-refractivity contribution < 1.29 is 52.5 Å². The summed E-state index contributed by atoms with van der Waals surface area (Å²) in [6.07, 6.45) is 3.40. The summed E-state index contributed by atoms with van der Waals surface area (Å²) >= 11 is 0. The second-order valence-electron chi connectivity index (χ2n) is 15.7. The van der Waals surface area contributed by atoms with Gasteiger partial charge in [0.1, 0.15) is 42.1 Å². The summed E-state index contributed by atoms with van der Waals surface area (Å²) < 4.78 is 28.2. The Bertz CT molecular complexity index is 2110. The largest absolute Gasteiger partial charge is 0.488 e. The molecule has 2 saturated heterocycles. The number of hydrogen-bond acceptors (Lipinski definition) is 11. The summed E-state index contributed by atoms with van der Waals surface area (Å²) in [4.78, 5) is 83.8. The molecule has 7 rings (SSSR count). The van der Waals surface area contributed by atoms with E-state index in [1.165, 1.54) is 15.9 Å². The zero-order chi connectivity index (χ0) is 40.3. The first-order valence-electron chi connectivity index (χ1n) is 19.3. The number of benzene rings is 3. The van der Waals surface area contributed by atoms with Gasteiger partial charge in [0.15, 0.2) is 24.8 Å². The molecule has 2 fully saturated rings. The lowest BCUT2D eigenvalue weighted by Gasteiger charge is -2.33. The third-order valence-corrected chi connectivity index (χ3v) is 10.8. The maximum Gasteiger partial charge on any atom is 0.411 e. The molecule has 3 aromatic carbocycles. The first-order valence-corrected chi connectivity index (χ1v) is 19.3. The van der Waals surface area contributed by atoms with Gasteiger partial charge < -0.3 is 23.7 Å². The molecule has 57 heavy (non-hydrogen) atoms. The second-order valence-corrected chi connectivity index (χ2v) is 15.7. The lowest BCUT2D eigenvalue weighted by Crippen LogP contribution is -2.48. The van der Waals surface area contributed by atoms with E-state index in [9.17, 15) is 28.8 Å². The fourth-order valence-electron chi connectivity index (χ4n) is 7.83. The van der Waals surface area contributed by atoms with Gasteiger partial charge in [0.25, 0.3) is 0 Å². The number of likely N-dealkylation sites (tertiary alicyclic amines) is 2. The predicted molar refractivity (Wildman–Crippen MR) is 206 cm³/mol. The molecule has 0 radical (unpaired) electrons. The van der Waals surface area contributed by atoms with Crippen LogP contribution in [0.15, 0.2) is 72.8 Å². The minimum absolute atomic E-state index is 0.0278. The zero-order valence-corrected chi connectivity index (χ0v) is 32.3. The van der Waals surface area contributed by atoms with E-state index < -0.39 is 72.0 Å². The van der Waals surface area contributed by atoms with Gasteiger partial charge in [-0.2, -0.15) is 0 Å². The highest BCUT2D eigenvalue weighted by atomic mass is 16.6. The van der Waals surface area contributed by atoms with Crippen LogP contribution in [0.5, 0.6) is 5.75 Å². The van der Waals surface area contributed by atoms with E-state index in [-0.39, 0.29) is 26.1 Å². The number of carbonyl (C=O) groups is 6. The Balaban J connectivity index is 1.08. The molecule has 3 aliphatic heterocycles. The fraction of sp³-hybridized carbons (Fsp3) is 0.409. The van der Waals surface area contributed by atoms with E-state index in [1.807, 2.05) is 66.7 Å². The van der Waals surface area contributed by atoms with Crippen molar-refractivity contribution in [3.63, 3.8) is 0 Å². The Morgan fingerprint density at radius 2 is 1.33 bits per heavy atom. The standard InChI is InChI=1S/C44H46N2O11/c1-43(2,3)57-42(52)46-22-10-16-35(46)40(50)55-27-37(48)44(20-19-32-29(23-44)17-18-33-31-14-8-7-13-30(31)25-53-38(32)33)36(47)26-54-39(49)34-15-9-21-45(34)41(51)56-24-28-11-5-4-6-12-28/h4-8,11-14,17-20,34-35H,9-10,15-16,21-27H2,1-3H3/t34?,35-,44+/m0/s1. The number of hydrogen-bond donors (Lipinski definition) is 0. The lowest BCUT2D eigenvalue weighted by molar-refractivity contribution is -0.158. The topological polar surface area (TPSA) is 155 Å². The number of esters is 2. The number of amides is 2. The Hall–Kier alpha value is -5.98. The predicted octanol–water partition coefficient (Wildman–Crippen LogP) is 6.23. The third kappa shape index (κ3) is 8.28. The van der Waals surface area contributed by atoms with Crippen molar-refractivity contribution in [2.45, 2.75) is 83.8 Å². The Morgan fingerprint density at radius 1 is 0.719 bits per heavy atom. The number of nitrogens with zero attached hydrogens (tertiary/aromatic N) is 2. The Labute approximate surface area is 330 Å². The molecule has 1 aliphatic carbocycles. The smallest absolute Gasteiger partial charge is 0.411 e. The van der Waals surface area contributed by atoms with Crippen molar-refractivity contribution in [2.75, 3.05) is 26.3 Å². The van der Waals surface area contributed by atoms with Crippen molar-refractivity contribution in [1.29, 1.82) is 0 Å². The third-order valence-electron chi connectivity index (χ3n) is 10.8. The van der Waals surface area contributed by atoms with Crippen LogP contribution in [-0.2, 0) is 57.8 Å². The van der Waals surface area contributed by atoms with Crippen LogP contribution in [0, 0.1) is 5.41 Å². The number of rotatable bonds is 10. The first kappa shape index (κ1) is 39.3. The number of allylic oxidation sites excluding steroid dienone is 1. The van der Waals surface area contributed by atoms with Crippen LogP contribution in [0.25, 0.3) is 17.2 Å². The average molecular weight is 779 g/mol. The molecule has 4 aliphatic rings. The Morgan fingerprint density at radius 3 is 1.98 bits per heavy atom. The van der Waals surface area contributed by atoms with Crippen LogP contribution in [-0.4, -0.2) is 89.5 Å². The zero-order valence-electron chi connectivity index (χ0n) is 32.3. The number of carbonyl (C=O) groups excluding carboxylic acids is 6. The van der Waals surface area contributed by atoms with Crippen LogP contribution < -0.4 is 4.74 Å². The van der Waals surface area contributed by atoms with Crippen molar-refractivity contribution in [1.82, 2.24) is 9.80 Å². The van der Waals surface area contributed by atoms with Crippen LogP contribution in [0.3, 0.4) is 0 Å². The van der Waals surface area contributed by atoms with Crippen molar-refractivity contribution in [3.05, 3.63) is 95.1 Å². The van der Waals surface area contributed by atoms with Crippen LogP contribution >= 0.6 is 0 Å². The van der Waals surface area contributed by atoms with E-state index in [0.717, 1.165) is 22.3 Å². The number of ketones is 2. The van der Waals surface area contributed by atoms with Gasteiger partial charge in [-0.05, 0) is 75.1 Å². The molecule has 0 N–H and O–H groups in total. The highest BCUT2D eigenvalue weighted by molar-refractivity contribution is 6.12. The first-order chi connectivity index (χ1) is 27.3. The van der Waals surface area contributed by atoms with Gasteiger partial charge in [0.2, 0.25) is 0 Å². The minimum Gasteiger partial charge on any atom is -0.488 e. The van der Waals surface area contributed by atoms with Gasteiger partial charge in [-0.15, -0.1) is 0 Å². The molecule has 298 valence electrons. The summed E-state index contributed by atoms with van der Waals surface area (Å²) in [6, 6.07) is 18.8. The maximum atomic E-state index is 14.3. The lowest BCUT2D eigenvalue weighted by atomic mass is 9.70. The summed E-state index contributed by atoms with van der Waals surface area (Å²) in [5.74, 6) is -2.41. The molecule has 1 unspecified atom stereocenters. The fourth-order valence-corrected chi connectivity index (χ4v) is 7.83. The number of ether oxygens (including phenoxy) is 5. The highest BCUT2D eigenvalue weighted by Gasteiger charge is 2.48. The molecule has 0 bridgehead atoms. The molecule has 3 heterocycles. The van der Waals surface area contributed by atoms with E-state index in [0.29, 0.717) is 49.2 Å². The van der Waals surface area contributed by atoms with Crippen LogP contribution in [0.1, 0.15) is 68.7 Å². The molecule has 13 heteroatoms. The SMILES string of the molecule is CC(C)(C)OC(=O)N1CCC[C@H]1C(=O)OCC(=O)[C@]1(C(=O)COC(=O)C2CCCN2C(=O)OCc2ccccc2)C=Cc2c(ccc3c2OCc2ccccc2-3)C1. The average Bonchev–Trinajstić information content (AvgIpc) is 3.92. The van der Waals surface area contributed by atoms with Crippen LogP contribution in [0.2, 0.25) is 0 Å². The van der Waals surface area contributed by atoms with Gasteiger partial charge >= 0.3 is 24.1 Å². The summed E-state index contributed by atoms with van der Waals surface area (Å²) in [5.41, 5.74) is 2.42. The summed E-state index contributed by atoms with van der Waals surface area (Å²) in [7, 11) is 0. The molecular weight excluding hydrogens is 732 g/mol. The Kier molecular flexibility index (Phi) is 11.2. The maximum absolute atomic E-state index is 14.3. The molecular formula is C44H46N2O11. The molecule has 13 nitrogen and oxygen atoms in total. The van der Waals surface area contributed by atoms with Gasteiger partial charge in [0, 0.05) is 24.2 Å². The van der Waals surface area contributed by atoms with Gasteiger partial charge in [-0.1, -0.05) is 78.9 Å². The molecule has 0 spiro atoms. The van der Waals surface area contributed by atoms with Crippen LogP contribution in [0.4, 0.5) is 9.59 Å². The van der Waals surface area contributed by atoms with Crippen molar-refractivity contribution >= 4 is 41.8 Å². The van der Waals surface area contributed by atoms with Gasteiger partial charge in [-0.3, -0.25) is 19.4 Å². The summed E-state index contributed by atoms with van der Waals surface area (Å²) in [5, 5.41) is 0. The summed E-state index contributed by atoms with van der Waals surface area (Å²) in [6.45, 7) is 4.57. The number of Topliss-reactive ketones (excluding diaryl/α,β-unsaturated/α-hetero) is 2. The van der Waals surface area contributed by atoms with E-state index >= 15 is 0 Å². The molecule has 2 amide bonds. The van der Waals surface area contributed by atoms with E-state index in [2.05, 4.69) is 0 Å². The molecule has 0 saturated carbocycles. The molecule has 3 atom stereocenters. The second kappa shape index (κ2) is 16.2. The van der Waals surface area contributed by atoms with E-state index in [1.54, 1.807) is 26.8 Å². The van der Waals surface area contributed by atoms with Crippen molar-refractivity contribution in [3.8, 4) is 16.9 Å². The monoisotopic (exact) mass is 778 g/mol. The normalized spacial score (nSPS) is 20.7. The quantitative estimate of drug-likeness (QED) is 0.131. The molecule has 3 aromatic rings. The van der Waals surface area contributed by atoms with Gasteiger partial charge in [0.05, 0.1) is 0 Å². The van der Waals surface area contributed by atoms with Gasteiger partial charge in [-0.25, -0.2) is 19.2 Å². The van der Waals surface area contributed by atoms with Crippen molar-refractivity contribution in [2.24, 2.45) is 5.41 Å². The minimum atomic E-state index is -1.88. The van der Waals surface area contributed by atoms with E-state index in [4.69, 9.17) is 23.7 Å². The highest BCUT2D eigenvalue weighted by Crippen LogP contribution is 2.46.